The van der Waals surface area contributed by atoms with Gasteiger partial charge in [-0.2, -0.15) is 0 Å². The first kappa shape index (κ1) is 23.0. The summed E-state index contributed by atoms with van der Waals surface area (Å²) in [5.41, 5.74) is -0.451. The lowest BCUT2D eigenvalue weighted by Crippen LogP contribution is -2.53. The first-order valence-electron chi connectivity index (χ1n) is 10.9. The lowest BCUT2D eigenvalue weighted by Gasteiger charge is -2.35. The average Bonchev–Trinajstić information content (AvgIpc) is 3.16. The van der Waals surface area contributed by atoms with E-state index in [1.807, 2.05) is 38.1 Å². The molecule has 2 aliphatic rings. The van der Waals surface area contributed by atoms with E-state index in [0.29, 0.717) is 41.3 Å². The van der Waals surface area contributed by atoms with Crippen molar-refractivity contribution >= 4 is 40.6 Å². The van der Waals surface area contributed by atoms with Gasteiger partial charge >= 0.3 is 0 Å². The lowest BCUT2D eigenvalue weighted by atomic mass is 9.82. The predicted molar refractivity (Wildman–Crippen MR) is 127 cm³/mol. The standard InChI is InChI=1S/C25H26ClN3O4/c1-4-13-28-19-8-6-5-7-18(19)25(24(28)33)20(21(30)16-9-11-17(26)12-10-16)22(31)23(32)29(25)15-14-27(2)3/h5-12,30H,4,13-15H2,1-3H3/b21-20+. The van der Waals surface area contributed by atoms with Crippen LogP contribution < -0.4 is 4.90 Å². The van der Waals surface area contributed by atoms with Crippen LogP contribution in [0.25, 0.3) is 5.76 Å². The minimum Gasteiger partial charge on any atom is -0.507 e. The fourth-order valence-electron chi connectivity index (χ4n) is 4.66. The number of benzene rings is 2. The van der Waals surface area contributed by atoms with Gasteiger partial charge in [0.25, 0.3) is 17.6 Å². The molecule has 0 bridgehead atoms. The summed E-state index contributed by atoms with van der Waals surface area (Å²) < 4.78 is 0. The number of carbonyl (C=O) groups is 3. The van der Waals surface area contributed by atoms with Crippen molar-refractivity contribution in [3.63, 3.8) is 0 Å². The van der Waals surface area contributed by atoms with Crippen molar-refractivity contribution in [3.8, 4) is 0 Å². The maximum absolute atomic E-state index is 14.1. The number of hydrogen-bond donors (Lipinski definition) is 1. The van der Waals surface area contributed by atoms with Crippen LogP contribution in [-0.2, 0) is 19.9 Å². The zero-order valence-corrected chi connectivity index (χ0v) is 19.6. The number of likely N-dealkylation sites (N-methyl/N-ethyl adjacent to an activating group) is 1. The largest absolute Gasteiger partial charge is 0.507 e. The molecule has 1 saturated heterocycles. The van der Waals surface area contributed by atoms with Gasteiger partial charge in [-0.25, -0.2) is 0 Å². The normalized spacial score (nSPS) is 21.5. The average molecular weight is 468 g/mol. The third-order valence-electron chi connectivity index (χ3n) is 6.14. The molecule has 8 heteroatoms. The number of aliphatic hydroxyl groups excluding tert-OH is 1. The van der Waals surface area contributed by atoms with E-state index in [1.165, 1.54) is 4.90 Å². The van der Waals surface area contributed by atoms with Crippen LogP contribution >= 0.6 is 11.6 Å². The molecule has 0 aromatic heterocycles. The van der Waals surface area contributed by atoms with Gasteiger partial charge in [0, 0.05) is 35.8 Å². The molecule has 2 aromatic carbocycles. The number of nitrogens with zero attached hydrogens (tertiary/aromatic N) is 3. The molecule has 2 amide bonds. The van der Waals surface area contributed by atoms with Gasteiger partial charge < -0.3 is 19.8 Å². The maximum atomic E-state index is 14.1. The zero-order valence-electron chi connectivity index (χ0n) is 18.8. The Bertz CT molecular complexity index is 1160. The quantitative estimate of drug-likeness (QED) is 0.401. The van der Waals surface area contributed by atoms with E-state index in [-0.39, 0.29) is 17.9 Å². The van der Waals surface area contributed by atoms with E-state index in [1.54, 1.807) is 41.3 Å². The molecule has 172 valence electrons. The minimum atomic E-state index is -1.72. The number of hydrogen-bond acceptors (Lipinski definition) is 5. The molecule has 0 aliphatic carbocycles. The number of Topliss-reactive ketones (excluding diaryl/α,β-unsaturated/α-hetero) is 1. The van der Waals surface area contributed by atoms with Crippen molar-refractivity contribution in [2.45, 2.75) is 18.9 Å². The smallest absolute Gasteiger partial charge is 0.296 e. The van der Waals surface area contributed by atoms with Crippen LogP contribution in [0.1, 0.15) is 24.5 Å². The van der Waals surface area contributed by atoms with E-state index in [0.717, 1.165) is 0 Å². The summed E-state index contributed by atoms with van der Waals surface area (Å²) in [6, 6.07) is 13.5. The number of amides is 2. The van der Waals surface area contributed by atoms with E-state index >= 15 is 0 Å². The summed E-state index contributed by atoms with van der Waals surface area (Å²) in [5, 5.41) is 11.8. The van der Waals surface area contributed by atoms with E-state index in [9.17, 15) is 19.5 Å². The van der Waals surface area contributed by atoms with Crippen molar-refractivity contribution in [2.24, 2.45) is 0 Å². The zero-order chi connectivity index (χ0) is 23.9. The summed E-state index contributed by atoms with van der Waals surface area (Å²) in [6.07, 6.45) is 0.692. The Morgan fingerprint density at radius 2 is 1.70 bits per heavy atom. The molecule has 1 atom stereocenters. The Kier molecular flexibility index (Phi) is 6.03. The van der Waals surface area contributed by atoms with E-state index < -0.39 is 23.1 Å². The molecule has 1 fully saturated rings. The molecular formula is C25H26ClN3O4. The van der Waals surface area contributed by atoms with Crippen LogP contribution in [0.4, 0.5) is 5.69 Å². The highest BCUT2D eigenvalue weighted by molar-refractivity contribution is 6.50. The van der Waals surface area contributed by atoms with E-state index in [4.69, 9.17) is 11.6 Å². The Labute approximate surface area is 197 Å². The number of carbonyl (C=O) groups excluding carboxylic acids is 3. The van der Waals surface area contributed by atoms with Gasteiger partial charge in [-0.05, 0) is 50.8 Å². The van der Waals surface area contributed by atoms with Gasteiger partial charge in [-0.3, -0.25) is 14.4 Å². The first-order chi connectivity index (χ1) is 15.7. The second-order valence-corrected chi connectivity index (χ2v) is 8.94. The first-order valence-corrected chi connectivity index (χ1v) is 11.2. The monoisotopic (exact) mass is 467 g/mol. The number of para-hydroxylation sites is 1. The molecule has 1 spiro atoms. The minimum absolute atomic E-state index is 0.148. The van der Waals surface area contributed by atoms with Crippen LogP contribution in [0.5, 0.6) is 0 Å². The molecule has 1 N–H and O–H groups in total. The van der Waals surface area contributed by atoms with Gasteiger partial charge in [-0.1, -0.05) is 36.7 Å². The third kappa shape index (κ3) is 3.43. The fraction of sp³-hybridized carbons (Fsp3) is 0.320. The van der Waals surface area contributed by atoms with Crippen LogP contribution in [0.3, 0.4) is 0 Å². The van der Waals surface area contributed by atoms with Crippen LogP contribution in [-0.4, -0.2) is 66.2 Å². The van der Waals surface area contributed by atoms with Crippen molar-refractivity contribution < 1.29 is 19.5 Å². The summed E-state index contributed by atoms with van der Waals surface area (Å²) in [5.74, 6) is -2.46. The highest BCUT2D eigenvalue weighted by atomic mass is 35.5. The fourth-order valence-corrected chi connectivity index (χ4v) is 4.79. The number of halogens is 1. The molecule has 7 nitrogen and oxygen atoms in total. The molecule has 0 radical (unpaired) electrons. The second kappa shape index (κ2) is 8.65. The van der Waals surface area contributed by atoms with Crippen LogP contribution in [0.2, 0.25) is 5.02 Å². The summed E-state index contributed by atoms with van der Waals surface area (Å²) in [6.45, 7) is 2.97. The number of ketones is 1. The molecule has 1 unspecified atom stereocenters. The molecule has 2 aromatic rings. The second-order valence-electron chi connectivity index (χ2n) is 8.50. The number of aliphatic hydroxyl groups is 1. The van der Waals surface area contributed by atoms with Crippen LogP contribution in [0, 0.1) is 0 Å². The Hall–Kier alpha value is -3.16. The molecule has 4 rings (SSSR count). The van der Waals surface area contributed by atoms with Gasteiger partial charge in [0.2, 0.25) is 0 Å². The topological polar surface area (TPSA) is 81.2 Å². The molecular weight excluding hydrogens is 442 g/mol. The van der Waals surface area contributed by atoms with Crippen LogP contribution in [0.15, 0.2) is 54.1 Å². The van der Waals surface area contributed by atoms with Gasteiger partial charge in [0.1, 0.15) is 5.76 Å². The van der Waals surface area contributed by atoms with Crippen molar-refractivity contribution in [1.82, 2.24) is 9.80 Å². The Morgan fingerprint density at radius 1 is 1.03 bits per heavy atom. The molecule has 33 heavy (non-hydrogen) atoms. The molecule has 2 heterocycles. The Balaban J connectivity index is 2.04. The van der Waals surface area contributed by atoms with E-state index in [2.05, 4.69) is 0 Å². The number of rotatable bonds is 6. The van der Waals surface area contributed by atoms with Crippen molar-refractivity contribution in [3.05, 3.63) is 70.3 Å². The molecule has 2 aliphatic heterocycles. The number of anilines is 1. The maximum Gasteiger partial charge on any atom is 0.296 e. The highest BCUT2D eigenvalue weighted by Crippen LogP contribution is 2.53. The number of likely N-dealkylation sites (tertiary alicyclic amines) is 1. The SMILES string of the molecule is CCCN1C(=O)C2(/C(=C(/O)c3ccc(Cl)cc3)C(=O)C(=O)N2CCN(C)C)c2ccccc21. The summed E-state index contributed by atoms with van der Waals surface area (Å²) >= 11 is 5.99. The van der Waals surface area contributed by atoms with Crippen molar-refractivity contribution in [2.75, 3.05) is 38.6 Å². The van der Waals surface area contributed by atoms with Gasteiger partial charge in [0.05, 0.1) is 11.3 Å². The summed E-state index contributed by atoms with van der Waals surface area (Å²) in [7, 11) is 3.70. The number of fused-ring (bicyclic) bond motifs is 2. The summed E-state index contributed by atoms with van der Waals surface area (Å²) in [4.78, 5) is 45.7. The van der Waals surface area contributed by atoms with Gasteiger partial charge in [-0.15, -0.1) is 0 Å². The Morgan fingerprint density at radius 3 is 2.33 bits per heavy atom. The third-order valence-corrected chi connectivity index (χ3v) is 6.40. The highest BCUT2D eigenvalue weighted by Gasteiger charge is 2.66. The lowest BCUT2D eigenvalue weighted by molar-refractivity contribution is -0.143. The predicted octanol–water partition coefficient (Wildman–Crippen LogP) is 3.23. The molecule has 0 saturated carbocycles. The van der Waals surface area contributed by atoms with Crippen molar-refractivity contribution in [1.29, 1.82) is 0 Å². The van der Waals surface area contributed by atoms with Gasteiger partial charge in [0.15, 0.2) is 5.54 Å².